The van der Waals surface area contributed by atoms with E-state index in [1.54, 1.807) is 31.2 Å². The van der Waals surface area contributed by atoms with Crippen LogP contribution in [0.1, 0.15) is 13.3 Å². The van der Waals surface area contributed by atoms with Crippen molar-refractivity contribution in [2.24, 2.45) is 0 Å². The molecule has 0 aliphatic carbocycles. The van der Waals surface area contributed by atoms with Gasteiger partial charge in [-0.2, -0.15) is 0 Å². The Bertz CT molecular complexity index is 403. The molecule has 1 aromatic rings. The maximum atomic E-state index is 11.5. The van der Waals surface area contributed by atoms with Gasteiger partial charge < -0.3 is 14.8 Å². The van der Waals surface area contributed by atoms with Crippen LogP contribution in [0.3, 0.4) is 0 Å². The van der Waals surface area contributed by atoms with Crippen molar-refractivity contribution in [3.8, 4) is 5.75 Å². The molecule has 0 atom stereocenters. The molecule has 1 aromatic carbocycles. The number of carbonyl (C=O) groups excluding carboxylic acids is 2. The van der Waals surface area contributed by atoms with Gasteiger partial charge >= 0.3 is 5.97 Å². The van der Waals surface area contributed by atoms with Gasteiger partial charge in [-0.05, 0) is 12.1 Å². The molecule has 0 saturated carbocycles. The average molecular weight is 237 g/mol. The summed E-state index contributed by atoms with van der Waals surface area (Å²) < 4.78 is 9.78. The third-order valence-electron chi connectivity index (χ3n) is 2.03. The minimum atomic E-state index is -0.403. The molecular formula is C12H15NO4. The van der Waals surface area contributed by atoms with Crippen LogP contribution in [0.2, 0.25) is 0 Å². The first-order valence-electron chi connectivity index (χ1n) is 5.25. The first kappa shape index (κ1) is 13.0. The predicted octanol–water partition coefficient (Wildman–Crippen LogP) is 1.59. The smallest absolute Gasteiger partial charge is 0.306 e. The molecule has 5 nitrogen and oxygen atoms in total. The molecule has 0 fully saturated rings. The van der Waals surface area contributed by atoms with Crippen LogP contribution >= 0.6 is 0 Å². The van der Waals surface area contributed by atoms with Crippen LogP contribution in [0.5, 0.6) is 5.75 Å². The Morgan fingerprint density at radius 2 is 2.00 bits per heavy atom. The highest BCUT2D eigenvalue weighted by Crippen LogP contribution is 2.22. The number of methoxy groups -OCH3 is 1. The Hall–Kier alpha value is -2.04. The molecule has 0 bridgehead atoms. The number of amides is 1. The number of ether oxygens (including phenoxy) is 2. The summed E-state index contributed by atoms with van der Waals surface area (Å²) in [7, 11) is 1.52. The lowest BCUT2D eigenvalue weighted by Gasteiger charge is -2.09. The van der Waals surface area contributed by atoms with Gasteiger partial charge in [0, 0.05) is 6.42 Å². The lowest BCUT2D eigenvalue weighted by Crippen LogP contribution is -2.20. The fourth-order valence-electron chi connectivity index (χ4n) is 1.18. The molecule has 0 heterocycles. The molecule has 5 heteroatoms. The van der Waals surface area contributed by atoms with Gasteiger partial charge in [-0.3, -0.25) is 9.59 Å². The minimum Gasteiger partial charge on any atom is -0.495 e. The highest BCUT2D eigenvalue weighted by atomic mass is 16.5. The van der Waals surface area contributed by atoms with Gasteiger partial charge in [-0.25, -0.2) is 0 Å². The first-order chi connectivity index (χ1) is 8.17. The zero-order valence-electron chi connectivity index (χ0n) is 9.86. The molecular weight excluding hydrogens is 222 g/mol. The van der Waals surface area contributed by atoms with E-state index in [2.05, 4.69) is 5.32 Å². The number of nitrogens with one attached hydrogen (secondary N) is 1. The Morgan fingerprint density at radius 1 is 1.29 bits per heavy atom. The molecule has 17 heavy (non-hydrogen) atoms. The summed E-state index contributed by atoms with van der Waals surface area (Å²) in [5.74, 6) is -0.237. The molecule has 1 amide bonds. The summed E-state index contributed by atoms with van der Waals surface area (Å²) in [4.78, 5) is 22.3. The van der Waals surface area contributed by atoms with Crippen LogP contribution in [0, 0.1) is 0 Å². The number of carbonyl (C=O) groups is 2. The van der Waals surface area contributed by atoms with E-state index < -0.39 is 11.9 Å². The fraction of sp³-hybridized carbons (Fsp3) is 0.333. The fourth-order valence-corrected chi connectivity index (χ4v) is 1.18. The van der Waals surface area contributed by atoms with Crippen molar-refractivity contribution in [1.82, 2.24) is 0 Å². The third kappa shape index (κ3) is 4.14. The topological polar surface area (TPSA) is 64.6 Å². The first-order valence-corrected chi connectivity index (χ1v) is 5.25. The van der Waals surface area contributed by atoms with Crippen molar-refractivity contribution in [3.05, 3.63) is 24.3 Å². The van der Waals surface area contributed by atoms with E-state index in [1.807, 2.05) is 0 Å². The number of hydrogen-bond donors (Lipinski definition) is 1. The van der Waals surface area contributed by atoms with Gasteiger partial charge in [0.15, 0.2) is 6.61 Å². The van der Waals surface area contributed by atoms with Gasteiger partial charge in [0.2, 0.25) is 0 Å². The van der Waals surface area contributed by atoms with Crippen LogP contribution < -0.4 is 10.1 Å². The Kier molecular flexibility index (Phi) is 5.00. The summed E-state index contributed by atoms with van der Waals surface area (Å²) in [6.45, 7) is 1.38. The van der Waals surface area contributed by atoms with E-state index in [0.29, 0.717) is 11.4 Å². The number of anilines is 1. The molecule has 92 valence electrons. The average Bonchev–Trinajstić information content (AvgIpc) is 2.36. The van der Waals surface area contributed by atoms with Gasteiger partial charge in [0.1, 0.15) is 5.75 Å². The molecule has 0 saturated heterocycles. The second-order valence-electron chi connectivity index (χ2n) is 3.26. The molecule has 0 aliphatic rings. The maximum absolute atomic E-state index is 11.5. The predicted molar refractivity (Wildman–Crippen MR) is 62.9 cm³/mol. The number of esters is 1. The van der Waals surface area contributed by atoms with Crippen molar-refractivity contribution in [1.29, 1.82) is 0 Å². The van der Waals surface area contributed by atoms with Crippen molar-refractivity contribution in [2.75, 3.05) is 19.0 Å². The van der Waals surface area contributed by atoms with Crippen molar-refractivity contribution in [2.45, 2.75) is 13.3 Å². The van der Waals surface area contributed by atoms with E-state index in [9.17, 15) is 9.59 Å². The molecule has 0 aliphatic heterocycles. The molecule has 0 unspecified atom stereocenters. The van der Waals surface area contributed by atoms with E-state index in [-0.39, 0.29) is 13.0 Å². The number of para-hydroxylation sites is 2. The van der Waals surface area contributed by atoms with E-state index in [1.165, 1.54) is 7.11 Å². The van der Waals surface area contributed by atoms with Gasteiger partial charge in [-0.1, -0.05) is 19.1 Å². The van der Waals surface area contributed by atoms with Gasteiger partial charge in [0.05, 0.1) is 12.8 Å². The monoisotopic (exact) mass is 237 g/mol. The number of rotatable bonds is 5. The lowest BCUT2D eigenvalue weighted by atomic mass is 10.3. The third-order valence-corrected chi connectivity index (χ3v) is 2.03. The molecule has 1 rings (SSSR count). The highest BCUT2D eigenvalue weighted by molar-refractivity contribution is 5.94. The van der Waals surface area contributed by atoms with E-state index in [4.69, 9.17) is 9.47 Å². The number of hydrogen-bond acceptors (Lipinski definition) is 4. The molecule has 0 radical (unpaired) electrons. The zero-order chi connectivity index (χ0) is 12.7. The Balaban J connectivity index is 2.53. The highest BCUT2D eigenvalue weighted by Gasteiger charge is 2.08. The second-order valence-corrected chi connectivity index (χ2v) is 3.26. The van der Waals surface area contributed by atoms with Crippen LogP contribution in [0.4, 0.5) is 5.69 Å². The second kappa shape index (κ2) is 6.52. The van der Waals surface area contributed by atoms with Crippen molar-refractivity contribution < 1.29 is 19.1 Å². The summed E-state index contributed by atoms with van der Waals surface area (Å²) in [6.07, 6.45) is 0.252. The number of benzene rings is 1. The van der Waals surface area contributed by atoms with Crippen LogP contribution in [-0.2, 0) is 14.3 Å². The van der Waals surface area contributed by atoms with Crippen LogP contribution in [0.15, 0.2) is 24.3 Å². The van der Waals surface area contributed by atoms with E-state index in [0.717, 1.165) is 0 Å². The van der Waals surface area contributed by atoms with Crippen molar-refractivity contribution in [3.63, 3.8) is 0 Å². The standard InChI is InChI=1S/C12H15NO4/c1-3-12(15)17-8-11(14)13-9-6-4-5-7-10(9)16-2/h4-7H,3,8H2,1-2H3,(H,13,14). The normalized spacial score (nSPS) is 9.53. The molecule has 0 aromatic heterocycles. The maximum Gasteiger partial charge on any atom is 0.306 e. The summed E-state index contributed by atoms with van der Waals surface area (Å²) in [6, 6.07) is 7.01. The lowest BCUT2D eigenvalue weighted by molar-refractivity contribution is -0.146. The Labute approximate surface area is 99.7 Å². The quantitative estimate of drug-likeness (QED) is 0.790. The van der Waals surface area contributed by atoms with Gasteiger partial charge in [-0.15, -0.1) is 0 Å². The van der Waals surface area contributed by atoms with Crippen molar-refractivity contribution >= 4 is 17.6 Å². The summed E-state index contributed by atoms with van der Waals surface area (Å²) in [5.41, 5.74) is 0.549. The zero-order valence-corrected chi connectivity index (χ0v) is 9.86. The Morgan fingerprint density at radius 3 is 2.65 bits per heavy atom. The minimum absolute atomic E-state index is 0.252. The summed E-state index contributed by atoms with van der Waals surface area (Å²) in [5, 5.41) is 2.60. The van der Waals surface area contributed by atoms with Crippen LogP contribution in [0.25, 0.3) is 0 Å². The molecule has 0 spiro atoms. The van der Waals surface area contributed by atoms with Crippen LogP contribution in [-0.4, -0.2) is 25.6 Å². The largest absolute Gasteiger partial charge is 0.495 e. The summed E-state index contributed by atoms with van der Waals surface area (Å²) >= 11 is 0. The molecule has 1 N–H and O–H groups in total. The van der Waals surface area contributed by atoms with E-state index >= 15 is 0 Å². The van der Waals surface area contributed by atoms with Gasteiger partial charge in [0.25, 0.3) is 5.91 Å². The SMILES string of the molecule is CCC(=O)OCC(=O)Nc1ccccc1OC.